The van der Waals surface area contributed by atoms with Gasteiger partial charge < -0.3 is 11.0 Å². The Kier molecular flexibility index (Phi) is 450. The molecule has 0 radical (unpaired) electrons. The van der Waals surface area contributed by atoms with Crippen LogP contribution in [-0.4, -0.2) is 18.9 Å². The molecule has 0 fully saturated rings. The molecule has 2 nitrogen and oxygen atoms in total. The Morgan fingerprint density at radius 3 is 0.750 bits per heavy atom. The van der Waals surface area contributed by atoms with Gasteiger partial charge in [-0.1, -0.05) is 0 Å². The van der Waals surface area contributed by atoms with Crippen LogP contribution in [0.5, 0.6) is 0 Å². The average molecular weight is 87.8 g/mol. The van der Waals surface area contributed by atoms with Crippen molar-refractivity contribution in [2.75, 3.05) is 0 Å². The third-order valence-corrected chi connectivity index (χ3v) is 0. The van der Waals surface area contributed by atoms with Crippen molar-refractivity contribution < 1.29 is 32.7 Å². The van der Waals surface area contributed by atoms with E-state index in [0.717, 1.165) is 0 Å². The maximum Gasteiger partial charge on any atom is 4.00 e. The molecule has 0 spiro atoms. The van der Waals surface area contributed by atoms with Gasteiger partial charge in [-0.3, -0.25) is 0 Å². The summed E-state index contributed by atoms with van der Waals surface area (Å²) in [7, 11) is 0. The van der Waals surface area contributed by atoms with E-state index < -0.39 is 0 Å². The fourth-order valence-corrected chi connectivity index (χ4v) is 0. The summed E-state index contributed by atoms with van der Waals surface area (Å²) in [4.78, 5) is 0. The van der Waals surface area contributed by atoms with Gasteiger partial charge in [0.2, 0.25) is 0 Å². The molecule has 4 heavy (non-hydrogen) atoms. The van der Waals surface area contributed by atoms with E-state index in [1.807, 2.05) is 0 Å². The summed E-state index contributed by atoms with van der Waals surface area (Å²) < 4.78 is 0. The van der Waals surface area contributed by atoms with Crippen molar-refractivity contribution in [3.63, 3.8) is 0 Å². The van der Waals surface area contributed by atoms with Gasteiger partial charge in [-0.25, -0.2) is 0 Å². The van der Waals surface area contributed by atoms with E-state index in [0.29, 0.717) is 0 Å². The summed E-state index contributed by atoms with van der Waals surface area (Å²) in [5.74, 6) is 0. The molecule has 0 aliphatic rings. The third-order valence-electron chi connectivity index (χ3n) is 0. The smallest absolute Gasteiger partial charge is 2.00 e. The zero-order valence-corrected chi connectivity index (χ0v) is 2.88. The van der Waals surface area contributed by atoms with Crippen molar-refractivity contribution in [3.05, 3.63) is 0 Å². The fraction of sp³-hybridized carbons (Fsp3) is 0. The van der Waals surface area contributed by atoms with Gasteiger partial charge >= 0.3 is 40.6 Å². The predicted octanol–water partition coefficient (Wildman–Crippen LogP) is -0.889. The molecule has 0 saturated heterocycles. The van der Waals surface area contributed by atoms with Crippen LogP contribution in [0.3, 0.4) is 0 Å². The predicted molar refractivity (Wildman–Crippen MR) is 8.52 cm³/mol. The first-order valence-electron chi connectivity index (χ1n) is 0. The second-order valence-electron chi connectivity index (χ2n) is 0. The maximum absolute atomic E-state index is 0. The van der Waals surface area contributed by atoms with Crippen LogP contribution < -0.4 is 0 Å². The average Bonchev–Trinajstić information content (AvgIpc) is 0. The van der Waals surface area contributed by atoms with Gasteiger partial charge in [-0.15, -0.1) is 0 Å². The van der Waals surface area contributed by atoms with Gasteiger partial charge in [0.05, 0.1) is 0 Å². The summed E-state index contributed by atoms with van der Waals surface area (Å²) in [6.45, 7) is 0. The van der Waals surface area contributed by atoms with Crippen molar-refractivity contribution in [3.8, 4) is 0 Å². The molecule has 0 N–H and O–H groups in total. The fourth-order valence-electron chi connectivity index (χ4n) is 0. The van der Waals surface area contributed by atoms with Crippen LogP contribution in [0.15, 0.2) is 0 Å². The van der Waals surface area contributed by atoms with E-state index >= 15 is 0 Å². The molecule has 0 aromatic carbocycles. The molecule has 0 unspecified atom stereocenters. The van der Waals surface area contributed by atoms with E-state index in [2.05, 4.69) is 0 Å². The second kappa shape index (κ2) is 29.1. The molecule has 0 atom stereocenters. The van der Waals surface area contributed by atoms with Crippen molar-refractivity contribution in [1.82, 2.24) is 0 Å². The number of rotatable bonds is 0. The Morgan fingerprint density at radius 2 is 0.750 bits per heavy atom. The van der Waals surface area contributed by atoms with Crippen molar-refractivity contribution in [1.29, 1.82) is 0 Å². The minimum Gasteiger partial charge on any atom is -2.00 e. The normalized spacial score (nSPS) is 0. The maximum atomic E-state index is 0. The molecule has 0 amide bonds. The van der Waals surface area contributed by atoms with E-state index in [1.54, 1.807) is 0 Å². The topological polar surface area (TPSA) is 57.0 Å². The van der Waals surface area contributed by atoms with Gasteiger partial charge in [-0.2, -0.15) is 0 Å². The summed E-state index contributed by atoms with van der Waals surface area (Å²) in [5, 5.41) is 0. The largest absolute Gasteiger partial charge is 4.00 e. The number of hydrogen-bond acceptors (Lipinski definition) is 0. The minimum atomic E-state index is 0. The summed E-state index contributed by atoms with van der Waals surface area (Å²) >= 11 is 0. The molecule has 0 heterocycles. The van der Waals surface area contributed by atoms with Crippen molar-refractivity contribution >= 4 is 18.9 Å². The minimum absolute atomic E-state index is 0. The summed E-state index contributed by atoms with van der Waals surface area (Å²) in [6.07, 6.45) is 0. The zero-order valence-electron chi connectivity index (χ0n) is 1.32. The molecule has 0 aliphatic heterocycles. The van der Waals surface area contributed by atoms with Crippen LogP contribution >= 0.6 is 0 Å². The van der Waals surface area contributed by atoms with Crippen LogP contribution in [-0.2, 0) is 32.7 Å². The van der Waals surface area contributed by atoms with E-state index in [9.17, 15) is 0 Å². The molecule has 18 valence electrons. The second-order valence-corrected chi connectivity index (χ2v) is 0. The van der Waals surface area contributed by atoms with E-state index in [4.69, 9.17) is 0 Å². The van der Waals surface area contributed by atoms with Crippen molar-refractivity contribution in [2.45, 2.75) is 0 Å². The Morgan fingerprint density at radius 1 is 0.750 bits per heavy atom. The van der Waals surface area contributed by atoms with E-state index in [1.165, 1.54) is 0 Å². The van der Waals surface area contributed by atoms with Crippen LogP contribution in [0.2, 0.25) is 0 Å². The van der Waals surface area contributed by atoms with Crippen LogP contribution in [0, 0.1) is 0 Å². The van der Waals surface area contributed by atoms with E-state index in [-0.39, 0.29) is 51.5 Å². The molecule has 0 aromatic rings. The summed E-state index contributed by atoms with van der Waals surface area (Å²) in [6, 6.07) is 0. The molecule has 0 rings (SSSR count). The first-order valence-corrected chi connectivity index (χ1v) is 0. The Labute approximate surface area is 51.6 Å². The molecule has 0 aliphatic carbocycles. The van der Waals surface area contributed by atoms with Crippen LogP contribution in [0.1, 0.15) is 0 Å². The standard InChI is InChI=1S/Li.2O.Ti.H/q;2*-2;+4;. The Balaban J connectivity index is 0. The molecule has 0 aromatic heterocycles. The summed E-state index contributed by atoms with van der Waals surface area (Å²) in [5.41, 5.74) is 0. The van der Waals surface area contributed by atoms with Crippen LogP contribution in [0.4, 0.5) is 0 Å². The molecular weight excluding hydrogens is 86.8 g/mol. The molecule has 4 heteroatoms. The monoisotopic (exact) mass is 88.0 g/mol. The van der Waals surface area contributed by atoms with Gasteiger partial charge in [0.25, 0.3) is 0 Å². The molecular formula is HLiO2Ti. The van der Waals surface area contributed by atoms with Gasteiger partial charge in [0.15, 0.2) is 0 Å². The van der Waals surface area contributed by atoms with Crippen molar-refractivity contribution in [2.24, 2.45) is 0 Å². The zero-order chi connectivity index (χ0) is 0. The number of hydrogen-bond donors (Lipinski definition) is 0. The quantitative estimate of drug-likeness (QED) is 0.345. The molecule has 0 saturated carbocycles. The van der Waals surface area contributed by atoms with Gasteiger partial charge in [0.1, 0.15) is 0 Å². The SMILES string of the molecule is [LiH].[O-2].[O-2].[Ti+4]. The van der Waals surface area contributed by atoms with Gasteiger partial charge in [-0.05, 0) is 0 Å². The van der Waals surface area contributed by atoms with Gasteiger partial charge in [0, 0.05) is 0 Å². The molecule has 0 bridgehead atoms. The Bertz CT molecular complexity index is 6.00. The first kappa shape index (κ1) is 61.8. The first-order chi connectivity index (χ1) is 0. The third kappa shape index (κ3) is 10.6. The Hall–Kier alpha value is 1.23. The van der Waals surface area contributed by atoms with Crippen LogP contribution in [0.25, 0.3) is 0 Å².